The van der Waals surface area contributed by atoms with E-state index in [9.17, 15) is 0 Å². The Hall–Kier alpha value is -1.38. The second-order valence-electron chi connectivity index (χ2n) is 4.26. The van der Waals surface area contributed by atoms with E-state index in [2.05, 4.69) is 25.3 Å². The molecule has 0 spiro atoms. The van der Waals surface area contributed by atoms with Crippen LogP contribution in [-0.4, -0.2) is 17.6 Å². The second kappa shape index (κ2) is 5.80. The van der Waals surface area contributed by atoms with Crippen LogP contribution in [0.5, 0.6) is 0 Å². The van der Waals surface area contributed by atoms with Crippen LogP contribution in [0.4, 0.5) is 0 Å². The quantitative estimate of drug-likeness (QED) is 0.716. The first kappa shape index (κ1) is 12.1. The zero-order chi connectivity index (χ0) is 12.1. The van der Waals surface area contributed by atoms with Crippen LogP contribution in [0.15, 0.2) is 55.6 Å². The predicted molar refractivity (Wildman–Crippen MR) is 70.4 cm³/mol. The topological polar surface area (TPSA) is 12.5 Å². The number of hydrogen-bond acceptors (Lipinski definition) is 2. The van der Waals surface area contributed by atoms with E-state index in [-0.39, 0.29) is 6.10 Å². The number of hydroxylamine groups is 2. The molecule has 90 valence electrons. The van der Waals surface area contributed by atoms with Crippen LogP contribution in [0.2, 0.25) is 0 Å². The van der Waals surface area contributed by atoms with Crippen molar-refractivity contribution in [1.82, 2.24) is 5.06 Å². The van der Waals surface area contributed by atoms with Crippen molar-refractivity contribution in [3.8, 4) is 0 Å². The molecule has 2 rings (SSSR count). The molecular weight excluding hydrogens is 210 g/mol. The molecule has 1 aromatic carbocycles. The summed E-state index contributed by atoms with van der Waals surface area (Å²) in [5.74, 6) is 0. The molecule has 1 saturated heterocycles. The summed E-state index contributed by atoms with van der Waals surface area (Å²) in [6, 6.07) is 10.7. The maximum atomic E-state index is 5.97. The standard InChI is InChI=1S/C15H19NO/c1-3-5-11-16-14(4-2)12-15(17-16)13-9-7-6-8-10-13/h3-4,6-10,14-15H,1-2,5,11-12H2/t14-,15-/m0/s1. The average molecular weight is 229 g/mol. The first-order valence-electron chi connectivity index (χ1n) is 6.07. The smallest absolute Gasteiger partial charge is 0.106 e. The van der Waals surface area contributed by atoms with Crippen LogP contribution in [0.3, 0.4) is 0 Å². The van der Waals surface area contributed by atoms with E-state index < -0.39 is 0 Å². The summed E-state index contributed by atoms with van der Waals surface area (Å²) in [6.45, 7) is 8.50. The van der Waals surface area contributed by atoms with Crippen molar-refractivity contribution in [2.75, 3.05) is 6.54 Å². The fourth-order valence-corrected chi connectivity index (χ4v) is 2.14. The van der Waals surface area contributed by atoms with Crippen LogP contribution in [0.1, 0.15) is 24.5 Å². The van der Waals surface area contributed by atoms with Crippen molar-refractivity contribution < 1.29 is 4.84 Å². The highest BCUT2D eigenvalue weighted by Gasteiger charge is 2.31. The van der Waals surface area contributed by atoms with Gasteiger partial charge in [-0.1, -0.05) is 42.5 Å². The molecule has 1 heterocycles. The van der Waals surface area contributed by atoms with E-state index >= 15 is 0 Å². The first-order valence-corrected chi connectivity index (χ1v) is 6.07. The lowest BCUT2D eigenvalue weighted by Crippen LogP contribution is -2.27. The largest absolute Gasteiger partial charge is 0.290 e. The van der Waals surface area contributed by atoms with Crippen LogP contribution in [-0.2, 0) is 4.84 Å². The maximum Gasteiger partial charge on any atom is 0.106 e. The lowest BCUT2D eigenvalue weighted by atomic mass is 10.0. The van der Waals surface area contributed by atoms with E-state index in [1.165, 1.54) is 5.56 Å². The van der Waals surface area contributed by atoms with Gasteiger partial charge in [0, 0.05) is 13.0 Å². The van der Waals surface area contributed by atoms with Crippen molar-refractivity contribution in [2.45, 2.75) is 25.0 Å². The summed E-state index contributed by atoms with van der Waals surface area (Å²) in [7, 11) is 0. The van der Waals surface area contributed by atoms with Gasteiger partial charge in [0.1, 0.15) is 6.10 Å². The monoisotopic (exact) mass is 229 g/mol. The highest BCUT2D eigenvalue weighted by molar-refractivity contribution is 5.19. The molecule has 0 aliphatic carbocycles. The summed E-state index contributed by atoms with van der Waals surface area (Å²) in [5, 5.41) is 2.02. The van der Waals surface area contributed by atoms with Gasteiger partial charge in [0.15, 0.2) is 0 Å². The molecule has 0 saturated carbocycles. The summed E-state index contributed by atoms with van der Waals surface area (Å²) >= 11 is 0. The Kier molecular flexibility index (Phi) is 4.13. The Balaban J connectivity index is 2.04. The fourth-order valence-electron chi connectivity index (χ4n) is 2.14. The fraction of sp³-hybridized carbons (Fsp3) is 0.333. The molecule has 2 heteroatoms. The molecule has 0 N–H and O–H groups in total. The van der Waals surface area contributed by atoms with Crippen molar-refractivity contribution in [3.63, 3.8) is 0 Å². The normalized spacial score (nSPS) is 24.7. The third-order valence-electron chi connectivity index (χ3n) is 3.09. The number of benzene rings is 1. The second-order valence-corrected chi connectivity index (χ2v) is 4.26. The SMILES string of the molecule is C=CCCN1O[C@H](c2ccccc2)C[C@@H]1C=C. The van der Waals surface area contributed by atoms with Crippen LogP contribution < -0.4 is 0 Å². The molecule has 2 nitrogen and oxygen atoms in total. The van der Waals surface area contributed by atoms with Gasteiger partial charge in [0.05, 0.1) is 6.04 Å². The minimum absolute atomic E-state index is 0.156. The Labute approximate surface area is 103 Å². The molecule has 0 unspecified atom stereocenters. The zero-order valence-corrected chi connectivity index (χ0v) is 10.1. The highest BCUT2D eigenvalue weighted by atomic mass is 16.7. The first-order chi connectivity index (χ1) is 8.35. The van der Waals surface area contributed by atoms with Gasteiger partial charge < -0.3 is 0 Å². The molecule has 2 atom stereocenters. The van der Waals surface area contributed by atoms with E-state index in [1.54, 1.807) is 0 Å². The van der Waals surface area contributed by atoms with Crippen LogP contribution >= 0.6 is 0 Å². The molecule has 1 fully saturated rings. The van der Waals surface area contributed by atoms with Gasteiger partial charge in [0.2, 0.25) is 0 Å². The molecule has 1 aliphatic rings. The van der Waals surface area contributed by atoms with E-state index in [4.69, 9.17) is 4.84 Å². The molecule has 0 amide bonds. The Morgan fingerprint density at radius 3 is 2.71 bits per heavy atom. The number of nitrogens with zero attached hydrogens (tertiary/aromatic N) is 1. The molecule has 0 radical (unpaired) electrons. The highest BCUT2D eigenvalue weighted by Crippen LogP contribution is 2.33. The van der Waals surface area contributed by atoms with E-state index in [1.807, 2.05) is 35.4 Å². The molecular formula is C15H19NO. The molecule has 1 aromatic rings. The van der Waals surface area contributed by atoms with Crippen LogP contribution in [0, 0.1) is 0 Å². The third kappa shape index (κ3) is 2.84. The zero-order valence-electron chi connectivity index (χ0n) is 10.1. The number of rotatable bonds is 5. The Morgan fingerprint density at radius 1 is 1.29 bits per heavy atom. The van der Waals surface area contributed by atoms with Crippen molar-refractivity contribution in [1.29, 1.82) is 0 Å². The van der Waals surface area contributed by atoms with Gasteiger partial charge in [-0.15, -0.1) is 13.2 Å². The average Bonchev–Trinajstić information content (AvgIpc) is 2.80. The minimum atomic E-state index is 0.156. The van der Waals surface area contributed by atoms with Crippen molar-refractivity contribution in [2.24, 2.45) is 0 Å². The van der Waals surface area contributed by atoms with E-state index in [0.717, 1.165) is 19.4 Å². The molecule has 1 aliphatic heterocycles. The van der Waals surface area contributed by atoms with E-state index in [0.29, 0.717) is 6.04 Å². The summed E-state index contributed by atoms with van der Waals surface area (Å²) in [6.07, 6.45) is 5.95. The molecule has 0 bridgehead atoms. The summed E-state index contributed by atoms with van der Waals surface area (Å²) < 4.78 is 0. The lowest BCUT2D eigenvalue weighted by Gasteiger charge is -2.19. The Morgan fingerprint density at radius 2 is 2.06 bits per heavy atom. The van der Waals surface area contributed by atoms with Crippen molar-refractivity contribution >= 4 is 0 Å². The Bertz CT molecular complexity index is 374. The summed E-state index contributed by atoms with van der Waals surface area (Å²) in [5.41, 5.74) is 1.24. The minimum Gasteiger partial charge on any atom is -0.290 e. The molecule has 0 aromatic heterocycles. The van der Waals surface area contributed by atoms with Crippen LogP contribution in [0.25, 0.3) is 0 Å². The third-order valence-corrected chi connectivity index (χ3v) is 3.09. The van der Waals surface area contributed by atoms with Gasteiger partial charge in [-0.05, 0) is 12.0 Å². The van der Waals surface area contributed by atoms with Gasteiger partial charge >= 0.3 is 0 Å². The lowest BCUT2D eigenvalue weighted by molar-refractivity contribution is -0.156. The number of hydrogen-bond donors (Lipinski definition) is 0. The van der Waals surface area contributed by atoms with Gasteiger partial charge in [-0.3, -0.25) is 4.84 Å². The van der Waals surface area contributed by atoms with Gasteiger partial charge in [-0.2, -0.15) is 5.06 Å². The van der Waals surface area contributed by atoms with Gasteiger partial charge in [0.25, 0.3) is 0 Å². The maximum absolute atomic E-state index is 5.97. The predicted octanol–water partition coefficient (Wildman–Crippen LogP) is 3.50. The van der Waals surface area contributed by atoms with Crippen molar-refractivity contribution in [3.05, 3.63) is 61.2 Å². The summed E-state index contributed by atoms with van der Waals surface area (Å²) in [4.78, 5) is 5.97. The molecule has 17 heavy (non-hydrogen) atoms. The van der Waals surface area contributed by atoms with Gasteiger partial charge in [-0.25, -0.2) is 0 Å².